The zero-order valence-electron chi connectivity index (χ0n) is 16.7. The van der Waals surface area contributed by atoms with Gasteiger partial charge in [-0.15, -0.1) is 5.10 Å². The number of hydrogen-bond donors (Lipinski definition) is 2. The van der Waals surface area contributed by atoms with Crippen molar-refractivity contribution in [1.82, 2.24) is 25.5 Å². The summed E-state index contributed by atoms with van der Waals surface area (Å²) < 4.78 is 7.52. The van der Waals surface area contributed by atoms with E-state index >= 15 is 0 Å². The highest BCUT2D eigenvalue weighted by molar-refractivity contribution is 5.85. The summed E-state index contributed by atoms with van der Waals surface area (Å²) in [5.74, 6) is 0.208. The highest BCUT2D eigenvalue weighted by atomic mass is 16.5. The van der Waals surface area contributed by atoms with Gasteiger partial charge in [-0.2, -0.15) is 0 Å². The van der Waals surface area contributed by atoms with Crippen LogP contribution in [-0.2, 0) is 22.7 Å². The van der Waals surface area contributed by atoms with E-state index in [1.165, 1.54) is 0 Å². The lowest BCUT2D eigenvalue weighted by Gasteiger charge is -2.23. The highest BCUT2D eigenvalue weighted by Gasteiger charge is 2.28. The van der Waals surface area contributed by atoms with Crippen molar-refractivity contribution in [3.8, 4) is 0 Å². The molecule has 2 aromatic carbocycles. The number of hydrogen-bond acceptors (Lipinski definition) is 6. The van der Waals surface area contributed by atoms with E-state index in [-0.39, 0.29) is 12.5 Å². The molecule has 0 saturated carbocycles. The molecule has 3 N–H and O–H groups in total. The van der Waals surface area contributed by atoms with Gasteiger partial charge in [-0.3, -0.25) is 4.79 Å². The molecule has 1 heterocycles. The summed E-state index contributed by atoms with van der Waals surface area (Å²) in [6, 6.07) is 19.1. The number of aromatic nitrogens is 4. The van der Waals surface area contributed by atoms with Crippen LogP contribution in [0.2, 0.25) is 0 Å². The first-order chi connectivity index (χ1) is 13.9. The number of ether oxygens (including phenoxy) is 1. The smallest absolute Gasteiger partial charge is 0.240 e. The number of nitrogens with two attached hydrogens (primary N) is 1. The molecule has 0 fully saturated rings. The second-order valence-corrected chi connectivity index (χ2v) is 7.43. The SMILES string of the molecule is CC(C)(N)C(=O)NC(COCc1ccccc1)c1nnnn1Cc1ccccc1. The molecule has 0 spiro atoms. The molecule has 8 heteroatoms. The van der Waals surface area contributed by atoms with Crippen LogP contribution >= 0.6 is 0 Å². The van der Waals surface area contributed by atoms with Gasteiger partial charge in [0.2, 0.25) is 5.91 Å². The molecule has 0 aliphatic carbocycles. The highest BCUT2D eigenvalue weighted by Crippen LogP contribution is 2.14. The monoisotopic (exact) mass is 394 g/mol. The number of benzene rings is 2. The minimum atomic E-state index is -1.03. The van der Waals surface area contributed by atoms with Gasteiger partial charge in [0.15, 0.2) is 5.82 Å². The van der Waals surface area contributed by atoms with Gasteiger partial charge >= 0.3 is 0 Å². The first-order valence-corrected chi connectivity index (χ1v) is 9.45. The normalized spacial score (nSPS) is 12.5. The zero-order valence-corrected chi connectivity index (χ0v) is 16.7. The number of rotatable bonds is 9. The lowest BCUT2D eigenvalue weighted by atomic mass is 10.1. The van der Waals surface area contributed by atoms with Crippen LogP contribution in [0.4, 0.5) is 0 Å². The molecule has 8 nitrogen and oxygen atoms in total. The summed E-state index contributed by atoms with van der Waals surface area (Å²) in [5.41, 5.74) is 7.01. The van der Waals surface area contributed by atoms with Gasteiger partial charge in [0, 0.05) is 0 Å². The molecule has 3 rings (SSSR count). The predicted molar refractivity (Wildman–Crippen MR) is 109 cm³/mol. The molecular formula is C21H26N6O2. The lowest BCUT2D eigenvalue weighted by Crippen LogP contribution is -2.51. The maximum atomic E-state index is 12.5. The molecule has 0 saturated heterocycles. The Morgan fingerprint density at radius 1 is 1.10 bits per heavy atom. The van der Waals surface area contributed by atoms with E-state index in [9.17, 15) is 4.79 Å². The Hall–Kier alpha value is -3.10. The van der Waals surface area contributed by atoms with E-state index in [2.05, 4.69) is 20.8 Å². The molecule has 0 aliphatic heterocycles. The van der Waals surface area contributed by atoms with Gasteiger partial charge in [0.25, 0.3) is 0 Å². The van der Waals surface area contributed by atoms with Crippen LogP contribution in [0, 0.1) is 0 Å². The van der Waals surface area contributed by atoms with Crippen molar-refractivity contribution in [3.63, 3.8) is 0 Å². The van der Waals surface area contributed by atoms with Gasteiger partial charge < -0.3 is 15.8 Å². The fraction of sp³-hybridized carbons (Fsp3) is 0.333. The Labute approximate surface area is 170 Å². The minimum absolute atomic E-state index is 0.214. The Balaban J connectivity index is 1.75. The molecule has 29 heavy (non-hydrogen) atoms. The summed E-state index contributed by atoms with van der Waals surface area (Å²) in [6.07, 6.45) is 0. The Bertz CT molecular complexity index is 906. The fourth-order valence-corrected chi connectivity index (χ4v) is 2.72. The van der Waals surface area contributed by atoms with Crippen LogP contribution in [0.5, 0.6) is 0 Å². The van der Waals surface area contributed by atoms with E-state index in [0.29, 0.717) is 19.0 Å². The second kappa shape index (κ2) is 9.40. The fourth-order valence-electron chi connectivity index (χ4n) is 2.72. The standard InChI is InChI=1S/C21H26N6O2/c1-21(2,22)20(28)23-18(15-29-14-17-11-7-4-8-12-17)19-24-25-26-27(19)13-16-9-5-3-6-10-16/h3-12,18H,13-15,22H2,1-2H3,(H,23,28). The third kappa shape index (κ3) is 5.94. The van der Waals surface area contributed by atoms with E-state index in [1.807, 2.05) is 60.7 Å². The van der Waals surface area contributed by atoms with Gasteiger partial charge in [0.1, 0.15) is 6.04 Å². The van der Waals surface area contributed by atoms with Crippen molar-refractivity contribution >= 4 is 5.91 Å². The molecule has 152 valence electrons. The summed E-state index contributed by atoms with van der Waals surface area (Å²) in [7, 11) is 0. The molecule has 1 unspecified atom stereocenters. The van der Waals surface area contributed by atoms with Crippen molar-refractivity contribution in [2.24, 2.45) is 5.73 Å². The topological polar surface area (TPSA) is 108 Å². The van der Waals surface area contributed by atoms with Crippen LogP contribution in [-0.4, -0.2) is 38.3 Å². The number of amides is 1. The van der Waals surface area contributed by atoms with Gasteiger partial charge in [0.05, 0.1) is 25.3 Å². The molecule has 3 aromatic rings. The van der Waals surface area contributed by atoms with Gasteiger partial charge in [-0.25, -0.2) is 4.68 Å². The van der Waals surface area contributed by atoms with E-state index in [4.69, 9.17) is 10.5 Å². The maximum absolute atomic E-state index is 12.5. The quantitative estimate of drug-likeness (QED) is 0.573. The Kier molecular flexibility index (Phi) is 6.69. The Morgan fingerprint density at radius 3 is 2.34 bits per heavy atom. The molecule has 0 radical (unpaired) electrons. The summed E-state index contributed by atoms with van der Waals surface area (Å²) >= 11 is 0. The number of nitrogens with zero attached hydrogens (tertiary/aromatic N) is 4. The van der Waals surface area contributed by atoms with Crippen molar-refractivity contribution in [2.45, 2.75) is 38.6 Å². The molecule has 1 aromatic heterocycles. The van der Waals surface area contributed by atoms with Gasteiger partial charge in [-0.05, 0) is 35.4 Å². The summed E-state index contributed by atoms with van der Waals surface area (Å²) in [6.45, 7) is 4.42. The Morgan fingerprint density at radius 2 is 1.72 bits per heavy atom. The van der Waals surface area contributed by atoms with Crippen molar-refractivity contribution in [2.75, 3.05) is 6.61 Å². The largest absolute Gasteiger partial charge is 0.374 e. The van der Waals surface area contributed by atoms with E-state index in [0.717, 1.165) is 11.1 Å². The van der Waals surface area contributed by atoms with Crippen LogP contribution in [0.1, 0.15) is 36.8 Å². The van der Waals surface area contributed by atoms with Crippen molar-refractivity contribution in [3.05, 3.63) is 77.6 Å². The number of nitrogens with one attached hydrogen (secondary N) is 1. The third-order valence-corrected chi connectivity index (χ3v) is 4.33. The lowest BCUT2D eigenvalue weighted by molar-refractivity contribution is -0.126. The third-order valence-electron chi connectivity index (χ3n) is 4.33. The molecular weight excluding hydrogens is 368 g/mol. The van der Waals surface area contributed by atoms with Crippen molar-refractivity contribution < 1.29 is 9.53 Å². The summed E-state index contributed by atoms with van der Waals surface area (Å²) in [4.78, 5) is 12.5. The average molecular weight is 394 g/mol. The molecule has 1 amide bonds. The number of carbonyl (C=O) groups is 1. The predicted octanol–water partition coefficient (Wildman–Crippen LogP) is 1.83. The second-order valence-electron chi connectivity index (χ2n) is 7.43. The first kappa shape index (κ1) is 20.6. The van der Waals surface area contributed by atoms with Crippen LogP contribution in [0.25, 0.3) is 0 Å². The van der Waals surface area contributed by atoms with Crippen LogP contribution in [0.3, 0.4) is 0 Å². The molecule has 0 bridgehead atoms. The van der Waals surface area contributed by atoms with E-state index in [1.54, 1.807) is 18.5 Å². The van der Waals surface area contributed by atoms with Gasteiger partial charge in [-0.1, -0.05) is 60.7 Å². The molecule has 0 aliphatic rings. The zero-order chi connectivity index (χ0) is 20.7. The van der Waals surface area contributed by atoms with Crippen LogP contribution < -0.4 is 11.1 Å². The number of carbonyl (C=O) groups excluding carboxylic acids is 1. The first-order valence-electron chi connectivity index (χ1n) is 9.45. The summed E-state index contributed by atoms with van der Waals surface area (Å²) in [5, 5.41) is 14.9. The maximum Gasteiger partial charge on any atom is 0.240 e. The minimum Gasteiger partial charge on any atom is -0.374 e. The average Bonchev–Trinajstić information content (AvgIpc) is 3.16. The molecule has 1 atom stereocenters. The van der Waals surface area contributed by atoms with Crippen LogP contribution in [0.15, 0.2) is 60.7 Å². The number of tetrazole rings is 1. The van der Waals surface area contributed by atoms with Crippen molar-refractivity contribution in [1.29, 1.82) is 0 Å². The van der Waals surface area contributed by atoms with E-state index < -0.39 is 11.6 Å².